The average molecular weight is 257 g/mol. The molecule has 0 aliphatic heterocycles. The molecule has 0 saturated heterocycles. The zero-order valence-corrected chi connectivity index (χ0v) is 11.2. The van der Waals surface area contributed by atoms with E-state index in [0.29, 0.717) is 5.95 Å². The van der Waals surface area contributed by atoms with E-state index in [9.17, 15) is 0 Å². The zero-order valence-electron chi connectivity index (χ0n) is 10.4. The van der Waals surface area contributed by atoms with E-state index in [1.807, 2.05) is 31.2 Å². The SMILES string of the molecule is CS/C(=C/c1nc(N)ncc1C)c1ccccc1. The first kappa shape index (κ1) is 12.6. The maximum absolute atomic E-state index is 5.63. The van der Waals surface area contributed by atoms with Crippen LogP contribution in [0, 0.1) is 6.92 Å². The van der Waals surface area contributed by atoms with Crippen LogP contribution in [-0.4, -0.2) is 16.2 Å². The molecule has 2 N–H and O–H groups in total. The smallest absolute Gasteiger partial charge is 0.220 e. The Labute approximate surface area is 111 Å². The highest BCUT2D eigenvalue weighted by molar-refractivity contribution is 8.07. The largest absolute Gasteiger partial charge is 0.368 e. The zero-order chi connectivity index (χ0) is 13.0. The van der Waals surface area contributed by atoms with E-state index >= 15 is 0 Å². The Bertz CT molecular complexity index is 565. The molecule has 18 heavy (non-hydrogen) atoms. The molecule has 0 unspecified atom stereocenters. The lowest BCUT2D eigenvalue weighted by molar-refractivity contribution is 1.13. The van der Waals surface area contributed by atoms with Crippen LogP contribution in [0.25, 0.3) is 11.0 Å². The fourth-order valence-electron chi connectivity index (χ4n) is 1.60. The summed E-state index contributed by atoms with van der Waals surface area (Å²) in [7, 11) is 0. The molecule has 0 atom stereocenters. The summed E-state index contributed by atoms with van der Waals surface area (Å²) in [6, 6.07) is 10.2. The first-order chi connectivity index (χ1) is 8.70. The van der Waals surface area contributed by atoms with Gasteiger partial charge in [0.15, 0.2) is 0 Å². The van der Waals surface area contributed by atoms with Gasteiger partial charge in [-0.15, -0.1) is 11.8 Å². The van der Waals surface area contributed by atoms with Gasteiger partial charge in [0.05, 0.1) is 5.69 Å². The van der Waals surface area contributed by atoms with Gasteiger partial charge in [0, 0.05) is 11.1 Å². The minimum absolute atomic E-state index is 0.306. The molecule has 1 heterocycles. The summed E-state index contributed by atoms with van der Waals surface area (Å²) in [5.74, 6) is 0.306. The van der Waals surface area contributed by atoms with E-state index in [0.717, 1.165) is 16.2 Å². The second-order valence-corrected chi connectivity index (χ2v) is 4.72. The number of anilines is 1. The lowest BCUT2D eigenvalue weighted by atomic mass is 10.1. The second kappa shape index (κ2) is 5.69. The molecule has 0 radical (unpaired) electrons. The van der Waals surface area contributed by atoms with Gasteiger partial charge in [-0.1, -0.05) is 30.3 Å². The van der Waals surface area contributed by atoms with Crippen molar-refractivity contribution in [3.05, 3.63) is 53.3 Å². The molecular formula is C14H15N3S. The van der Waals surface area contributed by atoms with Crippen molar-refractivity contribution < 1.29 is 0 Å². The van der Waals surface area contributed by atoms with Gasteiger partial charge in [0.2, 0.25) is 5.95 Å². The highest BCUT2D eigenvalue weighted by Gasteiger charge is 2.03. The van der Waals surface area contributed by atoms with Crippen LogP contribution in [0.5, 0.6) is 0 Å². The predicted octanol–water partition coefficient (Wildman–Crippen LogP) is 3.23. The molecule has 2 aromatic rings. The van der Waals surface area contributed by atoms with Crippen LogP contribution >= 0.6 is 11.8 Å². The average Bonchev–Trinajstić information content (AvgIpc) is 2.41. The molecular weight excluding hydrogens is 242 g/mol. The van der Waals surface area contributed by atoms with Gasteiger partial charge in [-0.25, -0.2) is 9.97 Å². The quantitative estimate of drug-likeness (QED) is 0.917. The number of aryl methyl sites for hydroxylation is 1. The molecule has 1 aromatic carbocycles. The number of nitrogens with zero attached hydrogens (tertiary/aromatic N) is 2. The highest BCUT2D eigenvalue weighted by atomic mass is 32.2. The van der Waals surface area contributed by atoms with E-state index < -0.39 is 0 Å². The highest BCUT2D eigenvalue weighted by Crippen LogP contribution is 2.27. The summed E-state index contributed by atoms with van der Waals surface area (Å²) >= 11 is 1.69. The Kier molecular flexibility index (Phi) is 3.99. The molecule has 0 saturated carbocycles. The van der Waals surface area contributed by atoms with Crippen LogP contribution in [0.3, 0.4) is 0 Å². The van der Waals surface area contributed by atoms with Crippen molar-refractivity contribution in [2.45, 2.75) is 6.92 Å². The van der Waals surface area contributed by atoms with E-state index in [-0.39, 0.29) is 0 Å². The first-order valence-corrected chi connectivity index (χ1v) is 6.83. The minimum Gasteiger partial charge on any atom is -0.368 e. The minimum atomic E-state index is 0.306. The van der Waals surface area contributed by atoms with Crippen LogP contribution in [0.2, 0.25) is 0 Å². The number of rotatable bonds is 3. The number of hydrogen-bond acceptors (Lipinski definition) is 4. The molecule has 3 nitrogen and oxygen atoms in total. The summed E-state index contributed by atoms with van der Waals surface area (Å²) in [5, 5.41) is 0. The Morgan fingerprint density at radius 1 is 1.28 bits per heavy atom. The number of nitrogens with two attached hydrogens (primary N) is 1. The van der Waals surface area contributed by atoms with Gasteiger partial charge in [-0.05, 0) is 30.4 Å². The molecule has 0 fully saturated rings. The van der Waals surface area contributed by atoms with Crippen LogP contribution in [0.4, 0.5) is 5.95 Å². The molecule has 0 bridgehead atoms. The molecule has 92 valence electrons. The third-order valence-corrected chi connectivity index (χ3v) is 3.37. The topological polar surface area (TPSA) is 51.8 Å². The van der Waals surface area contributed by atoms with Crippen molar-refractivity contribution in [2.75, 3.05) is 12.0 Å². The van der Waals surface area contributed by atoms with Crippen molar-refractivity contribution in [1.82, 2.24) is 9.97 Å². The van der Waals surface area contributed by atoms with E-state index in [1.54, 1.807) is 18.0 Å². The summed E-state index contributed by atoms with van der Waals surface area (Å²) < 4.78 is 0. The lowest BCUT2D eigenvalue weighted by Gasteiger charge is -2.06. The fourth-order valence-corrected chi connectivity index (χ4v) is 2.20. The van der Waals surface area contributed by atoms with Crippen molar-refractivity contribution in [3.63, 3.8) is 0 Å². The van der Waals surface area contributed by atoms with E-state index in [4.69, 9.17) is 5.73 Å². The van der Waals surface area contributed by atoms with Crippen molar-refractivity contribution in [3.8, 4) is 0 Å². The third kappa shape index (κ3) is 2.90. The molecule has 2 rings (SSSR count). The number of nitrogen functional groups attached to an aromatic ring is 1. The van der Waals surface area contributed by atoms with Gasteiger partial charge in [-0.3, -0.25) is 0 Å². The lowest BCUT2D eigenvalue weighted by Crippen LogP contribution is -1.98. The van der Waals surface area contributed by atoms with Crippen molar-refractivity contribution >= 4 is 28.7 Å². The van der Waals surface area contributed by atoms with Crippen molar-refractivity contribution in [1.29, 1.82) is 0 Å². The maximum atomic E-state index is 5.63. The molecule has 1 aromatic heterocycles. The fraction of sp³-hybridized carbons (Fsp3) is 0.143. The van der Waals surface area contributed by atoms with Crippen LogP contribution < -0.4 is 5.73 Å². The summed E-state index contributed by atoms with van der Waals surface area (Å²) in [6.45, 7) is 1.98. The molecule has 4 heteroatoms. The number of thioether (sulfide) groups is 1. The summed E-state index contributed by atoms with van der Waals surface area (Å²) in [6.07, 6.45) is 5.85. The summed E-state index contributed by atoms with van der Waals surface area (Å²) in [5.41, 5.74) is 8.70. The number of hydrogen-bond donors (Lipinski definition) is 1. The Morgan fingerprint density at radius 3 is 2.67 bits per heavy atom. The second-order valence-electron chi connectivity index (χ2n) is 3.88. The third-order valence-electron chi connectivity index (χ3n) is 2.58. The normalized spacial score (nSPS) is 11.6. The van der Waals surface area contributed by atoms with E-state index in [1.165, 1.54) is 5.56 Å². The first-order valence-electron chi connectivity index (χ1n) is 5.61. The monoisotopic (exact) mass is 257 g/mol. The summed E-state index contributed by atoms with van der Waals surface area (Å²) in [4.78, 5) is 9.40. The van der Waals surface area contributed by atoms with Gasteiger partial charge >= 0.3 is 0 Å². The van der Waals surface area contributed by atoms with Gasteiger partial charge in [0.25, 0.3) is 0 Å². The van der Waals surface area contributed by atoms with Gasteiger partial charge < -0.3 is 5.73 Å². The van der Waals surface area contributed by atoms with Crippen molar-refractivity contribution in [2.24, 2.45) is 0 Å². The Morgan fingerprint density at radius 2 is 2.00 bits per heavy atom. The van der Waals surface area contributed by atoms with E-state index in [2.05, 4.69) is 28.4 Å². The van der Waals surface area contributed by atoms with Crippen LogP contribution in [0.15, 0.2) is 36.5 Å². The Balaban J connectivity index is 2.44. The van der Waals surface area contributed by atoms with Gasteiger partial charge in [-0.2, -0.15) is 0 Å². The number of aromatic nitrogens is 2. The Hall–Kier alpha value is -1.81. The van der Waals surface area contributed by atoms with Gasteiger partial charge in [0.1, 0.15) is 0 Å². The molecule has 0 spiro atoms. The van der Waals surface area contributed by atoms with Crippen LogP contribution in [-0.2, 0) is 0 Å². The maximum Gasteiger partial charge on any atom is 0.220 e. The molecule has 0 aliphatic rings. The number of benzene rings is 1. The predicted molar refractivity (Wildman–Crippen MR) is 79.0 cm³/mol. The molecule has 0 aliphatic carbocycles. The molecule has 0 amide bonds. The standard InChI is InChI=1S/C14H15N3S/c1-10-9-16-14(15)17-12(10)8-13(18-2)11-6-4-3-5-7-11/h3-9H,1-2H3,(H2,15,16,17)/b13-8+. The van der Waals surface area contributed by atoms with Crippen LogP contribution in [0.1, 0.15) is 16.8 Å².